The zero-order chi connectivity index (χ0) is 22.7. The molecule has 0 saturated heterocycles. The number of carbonyl (C=O) groups excluding carboxylic acids is 1. The smallest absolute Gasteiger partial charge is 0.249 e. The van der Waals surface area contributed by atoms with Crippen molar-refractivity contribution in [1.82, 2.24) is 24.6 Å². The molecule has 3 heterocycles. The summed E-state index contributed by atoms with van der Waals surface area (Å²) in [5, 5.41) is 11.6. The maximum absolute atomic E-state index is 13.0. The first-order valence-corrected chi connectivity index (χ1v) is 11.7. The van der Waals surface area contributed by atoms with Crippen LogP contribution in [0.3, 0.4) is 0 Å². The second-order valence-corrected chi connectivity index (χ2v) is 8.79. The molecule has 0 spiro atoms. The van der Waals surface area contributed by atoms with Crippen LogP contribution in [0.4, 0.5) is 0 Å². The number of nitrogens with zero attached hydrogens (tertiary/aromatic N) is 5. The minimum Gasteiger partial charge on any atom is -0.419 e. The van der Waals surface area contributed by atoms with Gasteiger partial charge in [0, 0.05) is 23.3 Å². The third kappa shape index (κ3) is 4.76. The first-order chi connectivity index (χ1) is 15.5. The van der Waals surface area contributed by atoms with Crippen molar-refractivity contribution in [2.75, 3.05) is 6.54 Å². The number of hydrogen-bond donors (Lipinski definition) is 0. The molecule has 0 N–H and O–H groups in total. The Balaban J connectivity index is 1.47. The number of carbonyl (C=O) groups is 1. The van der Waals surface area contributed by atoms with Crippen molar-refractivity contribution in [2.24, 2.45) is 0 Å². The van der Waals surface area contributed by atoms with Gasteiger partial charge in [0.2, 0.25) is 17.7 Å². The molecule has 7 nitrogen and oxygen atoms in total. The number of benzene rings is 1. The Kier molecular flexibility index (Phi) is 6.72. The van der Waals surface area contributed by atoms with Crippen LogP contribution in [0.5, 0.6) is 0 Å². The first kappa shape index (κ1) is 22.2. The number of rotatable bonds is 8. The van der Waals surface area contributed by atoms with Crippen molar-refractivity contribution in [3.05, 3.63) is 69.8 Å². The zero-order valence-electron chi connectivity index (χ0n) is 18.2. The van der Waals surface area contributed by atoms with Crippen LogP contribution in [-0.2, 0) is 17.8 Å². The number of halogens is 1. The Bertz CT molecular complexity index is 1210. The second-order valence-electron chi connectivity index (χ2n) is 7.55. The highest BCUT2D eigenvalue weighted by Crippen LogP contribution is 2.26. The van der Waals surface area contributed by atoms with E-state index in [1.165, 1.54) is 11.3 Å². The van der Waals surface area contributed by atoms with E-state index in [1.807, 2.05) is 44.4 Å². The van der Waals surface area contributed by atoms with E-state index in [0.29, 0.717) is 28.9 Å². The Morgan fingerprint density at radius 1 is 1.16 bits per heavy atom. The van der Waals surface area contributed by atoms with Crippen molar-refractivity contribution in [3.63, 3.8) is 0 Å². The van der Waals surface area contributed by atoms with Gasteiger partial charge in [-0.2, -0.15) is 0 Å². The monoisotopic (exact) mass is 469 g/mol. The highest BCUT2D eigenvalue weighted by molar-refractivity contribution is 7.12. The molecule has 0 fully saturated rings. The van der Waals surface area contributed by atoms with E-state index in [4.69, 9.17) is 16.0 Å². The Morgan fingerprint density at radius 2 is 1.91 bits per heavy atom. The summed E-state index contributed by atoms with van der Waals surface area (Å²) in [6, 6.07) is 11.4. The summed E-state index contributed by atoms with van der Waals surface area (Å²) in [5.74, 6) is 0.692. The summed E-state index contributed by atoms with van der Waals surface area (Å²) in [4.78, 5) is 19.5. The molecule has 0 saturated carbocycles. The zero-order valence-corrected chi connectivity index (χ0v) is 19.8. The number of aryl methyl sites for hydroxylation is 2. The second kappa shape index (κ2) is 9.67. The summed E-state index contributed by atoms with van der Waals surface area (Å²) >= 11 is 7.76. The average Bonchev–Trinajstić information content (AvgIpc) is 3.49. The number of hydrogen-bond acceptors (Lipinski definition) is 6. The van der Waals surface area contributed by atoms with Crippen molar-refractivity contribution < 1.29 is 9.21 Å². The molecule has 0 radical (unpaired) electrons. The summed E-state index contributed by atoms with van der Waals surface area (Å²) in [7, 11) is 0. The lowest BCUT2D eigenvalue weighted by atomic mass is 10.2. The van der Waals surface area contributed by atoms with Gasteiger partial charge in [0.05, 0.1) is 29.2 Å². The van der Waals surface area contributed by atoms with Crippen molar-refractivity contribution in [3.8, 4) is 16.6 Å². The van der Waals surface area contributed by atoms with Crippen LogP contribution in [0, 0.1) is 13.8 Å². The topological polar surface area (TPSA) is 77.0 Å². The van der Waals surface area contributed by atoms with E-state index in [-0.39, 0.29) is 18.9 Å². The molecular weight excluding hydrogens is 446 g/mol. The number of amides is 1. The Labute approximate surface area is 195 Å². The largest absolute Gasteiger partial charge is 0.419 e. The van der Waals surface area contributed by atoms with Gasteiger partial charge in [-0.15, -0.1) is 21.5 Å². The lowest BCUT2D eigenvalue weighted by molar-refractivity contribution is -0.131. The van der Waals surface area contributed by atoms with Crippen LogP contribution in [-0.4, -0.2) is 37.1 Å². The van der Waals surface area contributed by atoms with E-state index in [2.05, 4.69) is 31.9 Å². The van der Waals surface area contributed by atoms with Crippen LogP contribution >= 0.6 is 22.9 Å². The van der Waals surface area contributed by atoms with Gasteiger partial charge < -0.3 is 9.32 Å². The normalized spacial score (nSPS) is 11.1. The number of aromatic nitrogens is 4. The maximum atomic E-state index is 13.0. The van der Waals surface area contributed by atoms with Crippen molar-refractivity contribution in [2.45, 2.75) is 40.2 Å². The minimum absolute atomic E-state index is 0.0258. The van der Waals surface area contributed by atoms with Crippen LogP contribution < -0.4 is 0 Å². The SMILES string of the molecule is CCCN(Cc1nnc(-c2ccccc2Cl)o1)C(=O)Cc1csc(-n2c(C)ccc2C)n1. The molecule has 0 bridgehead atoms. The van der Waals surface area contributed by atoms with Crippen LogP contribution in [0.1, 0.15) is 36.3 Å². The van der Waals surface area contributed by atoms with E-state index in [0.717, 1.165) is 28.6 Å². The Morgan fingerprint density at radius 3 is 2.62 bits per heavy atom. The molecule has 0 atom stereocenters. The molecule has 4 aromatic rings. The predicted molar refractivity (Wildman–Crippen MR) is 125 cm³/mol. The highest BCUT2D eigenvalue weighted by Gasteiger charge is 2.20. The van der Waals surface area contributed by atoms with Gasteiger partial charge >= 0.3 is 0 Å². The van der Waals surface area contributed by atoms with Crippen molar-refractivity contribution >= 4 is 28.8 Å². The predicted octanol–water partition coefficient (Wildman–Crippen LogP) is 5.24. The van der Waals surface area contributed by atoms with Crippen molar-refractivity contribution in [1.29, 1.82) is 0 Å². The molecule has 1 aromatic carbocycles. The van der Waals surface area contributed by atoms with Gasteiger partial charge in [0.25, 0.3) is 0 Å². The molecule has 0 aliphatic rings. The highest BCUT2D eigenvalue weighted by atomic mass is 35.5. The summed E-state index contributed by atoms with van der Waals surface area (Å²) in [6.45, 7) is 6.96. The summed E-state index contributed by atoms with van der Waals surface area (Å²) in [6.07, 6.45) is 1.04. The lowest BCUT2D eigenvalue weighted by Gasteiger charge is -2.19. The van der Waals surface area contributed by atoms with Gasteiger partial charge in [0.1, 0.15) is 0 Å². The third-order valence-electron chi connectivity index (χ3n) is 5.08. The molecule has 9 heteroatoms. The van der Waals surface area contributed by atoms with Gasteiger partial charge in [0.15, 0.2) is 5.13 Å². The van der Waals surface area contributed by atoms with Gasteiger partial charge in [-0.25, -0.2) is 4.98 Å². The van der Waals surface area contributed by atoms with E-state index in [9.17, 15) is 4.79 Å². The molecule has 1 amide bonds. The quantitative estimate of drug-likeness (QED) is 0.353. The maximum Gasteiger partial charge on any atom is 0.249 e. The first-order valence-electron chi connectivity index (χ1n) is 10.4. The fraction of sp³-hybridized carbons (Fsp3) is 0.304. The van der Waals surface area contributed by atoms with Gasteiger partial charge in [-0.1, -0.05) is 30.7 Å². The summed E-state index contributed by atoms with van der Waals surface area (Å²) < 4.78 is 7.88. The van der Waals surface area contributed by atoms with Crippen LogP contribution in [0.15, 0.2) is 46.2 Å². The van der Waals surface area contributed by atoms with Crippen LogP contribution in [0.25, 0.3) is 16.6 Å². The molecule has 0 aliphatic heterocycles. The molecule has 32 heavy (non-hydrogen) atoms. The molecule has 0 aliphatic carbocycles. The number of thiazole rings is 1. The summed E-state index contributed by atoms with van der Waals surface area (Å²) in [5.41, 5.74) is 3.67. The van der Waals surface area contributed by atoms with Crippen LogP contribution in [0.2, 0.25) is 5.02 Å². The lowest BCUT2D eigenvalue weighted by Crippen LogP contribution is -2.32. The fourth-order valence-corrected chi connectivity index (χ4v) is 4.66. The molecule has 0 unspecified atom stereocenters. The van der Waals surface area contributed by atoms with Gasteiger partial charge in [-0.05, 0) is 44.5 Å². The van der Waals surface area contributed by atoms with E-state index >= 15 is 0 Å². The fourth-order valence-electron chi connectivity index (χ4n) is 3.50. The Hall–Kier alpha value is -2.97. The molecule has 166 valence electrons. The average molecular weight is 470 g/mol. The van der Waals surface area contributed by atoms with Gasteiger partial charge in [-0.3, -0.25) is 9.36 Å². The molecule has 4 rings (SSSR count). The minimum atomic E-state index is -0.0258. The van der Waals surface area contributed by atoms with E-state index in [1.54, 1.807) is 11.0 Å². The third-order valence-corrected chi connectivity index (χ3v) is 6.28. The standard InChI is InChI=1S/C23H24ClN5O2S/c1-4-11-28(13-20-26-27-22(31-20)18-7-5-6-8-19(18)24)21(30)12-17-14-32-23(25-17)29-15(2)9-10-16(29)3/h5-10,14H,4,11-13H2,1-3H3. The molecule has 3 aromatic heterocycles. The molecular formula is C23H24ClN5O2S. The van der Waals surface area contributed by atoms with E-state index < -0.39 is 0 Å².